The van der Waals surface area contributed by atoms with E-state index in [4.69, 9.17) is 9.73 Å². The molecule has 8 heteroatoms. The van der Waals surface area contributed by atoms with Crippen LogP contribution in [0, 0.1) is 5.92 Å². The van der Waals surface area contributed by atoms with E-state index in [0.29, 0.717) is 38.6 Å². The zero-order valence-corrected chi connectivity index (χ0v) is 21.5. The zero-order valence-electron chi connectivity index (χ0n) is 19.1. The van der Waals surface area contributed by atoms with Crippen LogP contribution in [-0.2, 0) is 28.9 Å². The first kappa shape index (κ1) is 25.1. The van der Waals surface area contributed by atoms with Crippen molar-refractivity contribution in [2.75, 3.05) is 45.9 Å². The van der Waals surface area contributed by atoms with E-state index in [1.54, 1.807) is 0 Å². The Bertz CT molecular complexity index is 803. The molecule has 2 heterocycles. The molecule has 2 aliphatic heterocycles. The number of carbonyl (C=O) groups is 1. The number of nitrogens with zero attached hydrogens (tertiary/aromatic N) is 3. The summed E-state index contributed by atoms with van der Waals surface area (Å²) in [5, 5.41) is 13.9. The summed E-state index contributed by atoms with van der Waals surface area (Å²) in [6, 6.07) is 3.89. The molecule has 0 saturated carbocycles. The summed E-state index contributed by atoms with van der Waals surface area (Å²) in [7, 11) is 0. The monoisotopic (exact) mass is 556 g/mol. The van der Waals surface area contributed by atoms with Gasteiger partial charge in [0.2, 0.25) is 5.91 Å². The lowest BCUT2D eigenvalue weighted by Crippen LogP contribution is -2.50. The minimum Gasteiger partial charge on any atom is -0.508 e. The number of phenolic OH excluding ortho intramolecular Hbond substituents is 1. The van der Waals surface area contributed by atoms with Crippen LogP contribution in [0.15, 0.2) is 17.1 Å². The number of amides is 1. The number of nitrogens with one attached hydrogen (secondary N) is 1. The summed E-state index contributed by atoms with van der Waals surface area (Å²) in [4.78, 5) is 21.9. The van der Waals surface area contributed by atoms with E-state index in [-0.39, 0.29) is 35.8 Å². The number of aromatic hydroxyl groups is 1. The molecule has 0 aromatic heterocycles. The number of phenols is 1. The Morgan fingerprint density at radius 1 is 1.12 bits per heavy atom. The fourth-order valence-electron chi connectivity index (χ4n) is 5.03. The molecule has 0 atom stereocenters. The fourth-order valence-corrected chi connectivity index (χ4v) is 5.03. The predicted molar refractivity (Wildman–Crippen MR) is 137 cm³/mol. The summed E-state index contributed by atoms with van der Waals surface area (Å²) in [6.07, 6.45) is 6.23. The van der Waals surface area contributed by atoms with Gasteiger partial charge in [-0.25, -0.2) is 4.99 Å². The van der Waals surface area contributed by atoms with Gasteiger partial charge in [-0.3, -0.25) is 4.79 Å². The summed E-state index contributed by atoms with van der Waals surface area (Å²) in [5.41, 5.74) is 3.63. The Morgan fingerprint density at radius 3 is 2.56 bits per heavy atom. The number of ether oxygens (including phenoxy) is 1. The van der Waals surface area contributed by atoms with Crippen LogP contribution in [0.5, 0.6) is 5.75 Å². The highest BCUT2D eigenvalue weighted by molar-refractivity contribution is 14.0. The van der Waals surface area contributed by atoms with Crippen molar-refractivity contribution >= 4 is 35.8 Å². The Labute approximate surface area is 208 Å². The van der Waals surface area contributed by atoms with Gasteiger partial charge < -0.3 is 25.0 Å². The number of guanidine groups is 1. The number of benzene rings is 1. The van der Waals surface area contributed by atoms with Crippen molar-refractivity contribution in [2.45, 2.75) is 52.0 Å². The molecule has 1 amide bonds. The number of aliphatic imine (C=N–C) groups is 1. The van der Waals surface area contributed by atoms with Crippen LogP contribution in [0.25, 0.3) is 0 Å². The summed E-state index contributed by atoms with van der Waals surface area (Å²) >= 11 is 0. The lowest BCUT2D eigenvalue weighted by atomic mass is 9.88. The highest BCUT2D eigenvalue weighted by atomic mass is 127. The molecule has 0 unspecified atom stereocenters. The van der Waals surface area contributed by atoms with Crippen molar-refractivity contribution in [3.63, 3.8) is 0 Å². The molecule has 0 bridgehead atoms. The molecule has 0 radical (unpaired) electrons. The van der Waals surface area contributed by atoms with E-state index in [1.165, 1.54) is 24.0 Å². The Hall–Kier alpha value is -1.55. The van der Waals surface area contributed by atoms with Crippen LogP contribution in [0.1, 0.15) is 49.3 Å². The maximum absolute atomic E-state index is 12.8. The van der Waals surface area contributed by atoms with Crippen molar-refractivity contribution in [1.29, 1.82) is 0 Å². The van der Waals surface area contributed by atoms with E-state index >= 15 is 0 Å². The lowest BCUT2D eigenvalue weighted by Gasteiger charge is -2.36. The first-order chi connectivity index (χ1) is 15.2. The molecule has 3 aliphatic rings. The van der Waals surface area contributed by atoms with E-state index in [9.17, 15) is 9.90 Å². The van der Waals surface area contributed by atoms with Gasteiger partial charge in [-0.2, -0.15) is 0 Å². The summed E-state index contributed by atoms with van der Waals surface area (Å²) in [6.45, 7) is 7.75. The molecule has 2 N–H and O–H groups in total. The molecule has 1 aliphatic carbocycles. The Kier molecular flexibility index (Phi) is 9.46. The minimum atomic E-state index is 0. The number of carbonyl (C=O) groups excluding carboxylic acids is 1. The topological polar surface area (TPSA) is 77.4 Å². The number of rotatable bonds is 4. The van der Waals surface area contributed by atoms with E-state index in [0.717, 1.165) is 56.8 Å². The number of hydrogen-bond acceptors (Lipinski definition) is 4. The first-order valence-electron chi connectivity index (χ1n) is 11.9. The van der Waals surface area contributed by atoms with Crippen LogP contribution in [-0.4, -0.2) is 72.7 Å². The smallest absolute Gasteiger partial charge is 0.225 e. The van der Waals surface area contributed by atoms with Crippen LogP contribution in [0.2, 0.25) is 0 Å². The number of aryl methyl sites for hydroxylation is 1. The van der Waals surface area contributed by atoms with Crippen LogP contribution < -0.4 is 5.32 Å². The highest BCUT2D eigenvalue weighted by Crippen LogP contribution is 2.31. The van der Waals surface area contributed by atoms with Gasteiger partial charge in [0, 0.05) is 44.2 Å². The fraction of sp³-hybridized carbons (Fsp3) is 0.667. The zero-order chi connectivity index (χ0) is 21.6. The Balaban J connectivity index is 0.00000289. The molecule has 1 aromatic rings. The molecular weight excluding hydrogens is 519 g/mol. The van der Waals surface area contributed by atoms with Gasteiger partial charge in [0.15, 0.2) is 5.96 Å². The van der Waals surface area contributed by atoms with Gasteiger partial charge in [-0.15, -0.1) is 24.0 Å². The quantitative estimate of drug-likeness (QED) is 0.339. The van der Waals surface area contributed by atoms with Gasteiger partial charge in [-0.1, -0.05) is 6.07 Å². The standard InChI is InChI=1S/C24H36N4O3.HI/c1-2-25-24(26-17-21-20-6-4-3-5-18(20)7-8-22(21)29)28-11-9-19(10-12-28)23(30)27-13-15-31-16-14-27;/h7-8,19,29H,2-6,9-17H2,1H3,(H,25,26);1H. The third kappa shape index (κ3) is 5.87. The first-order valence-corrected chi connectivity index (χ1v) is 11.9. The number of morpholine rings is 1. The van der Waals surface area contributed by atoms with Crippen LogP contribution in [0.4, 0.5) is 0 Å². The second kappa shape index (κ2) is 12.1. The molecule has 2 saturated heterocycles. The molecule has 0 spiro atoms. The molecule has 32 heavy (non-hydrogen) atoms. The third-order valence-corrected chi connectivity index (χ3v) is 6.81. The summed E-state index contributed by atoms with van der Waals surface area (Å²) < 4.78 is 5.38. The van der Waals surface area contributed by atoms with Gasteiger partial charge in [0.1, 0.15) is 5.75 Å². The lowest BCUT2D eigenvalue weighted by molar-refractivity contribution is -0.140. The van der Waals surface area contributed by atoms with E-state index < -0.39 is 0 Å². The van der Waals surface area contributed by atoms with E-state index in [1.807, 2.05) is 11.0 Å². The molecular formula is C24H37IN4O3. The molecule has 178 valence electrons. The number of halogens is 1. The van der Waals surface area contributed by atoms with Gasteiger partial charge in [0.05, 0.1) is 19.8 Å². The average molecular weight is 556 g/mol. The van der Waals surface area contributed by atoms with Crippen LogP contribution >= 0.6 is 24.0 Å². The predicted octanol–water partition coefficient (Wildman–Crippen LogP) is 2.93. The third-order valence-electron chi connectivity index (χ3n) is 6.81. The molecule has 7 nitrogen and oxygen atoms in total. The highest BCUT2D eigenvalue weighted by Gasteiger charge is 2.30. The van der Waals surface area contributed by atoms with Gasteiger partial charge >= 0.3 is 0 Å². The van der Waals surface area contributed by atoms with E-state index in [2.05, 4.69) is 23.2 Å². The second-order valence-electron chi connectivity index (χ2n) is 8.78. The number of piperidine rings is 1. The van der Waals surface area contributed by atoms with Crippen molar-refractivity contribution in [3.8, 4) is 5.75 Å². The molecule has 1 aromatic carbocycles. The normalized spacial score (nSPS) is 19.8. The number of fused-ring (bicyclic) bond motifs is 1. The van der Waals surface area contributed by atoms with Crippen molar-refractivity contribution in [1.82, 2.24) is 15.1 Å². The largest absolute Gasteiger partial charge is 0.508 e. The van der Waals surface area contributed by atoms with Gasteiger partial charge in [0.25, 0.3) is 0 Å². The SMILES string of the molecule is CCNC(=NCc1c(O)ccc2c1CCCC2)N1CCC(C(=O)N2CCOCC2)CC1.I. The number of likely N-dealkylation sites (tertiary alicyclic amines) is 1. The van der Waals surface area contributed by atoms with Crippen molar-refractivity contribution in [3.05, 3.63) is 28.8 Å². The Morgan fingerprint density at radius 2 is 1.84 bits per heavy atom. The maximum Gasteiger partial charge on any atom is 0.225 e. The van der Waals surface area contributed by atoms with Crippen molar-refractivity contribution < 1.29 is 14.6 Å². The van der Waals surface area contributed by atoms with Gasteiger partial charge in [-0.05, 0) is 62.6 Å². The summed E-state index contributed by atoms with van der Waals surface area (Å²) in [5.74, 6) is 1.62. The van der Waals surface area contributed by atoms with Crippen LogP contribution in [0.3, 0.4) is 0 Å². The molecule has 2 fully saturated rings. The average Bonchev–Trinajstić information content (AvgIpc) is 2.83. The second-order valence-corrected chi connectivity index (χ2v) is 8.78. The maximum atomic E-state index is 12.8. The molecule has 4 rings (SSSR count). The minimum absolute atomic E-state index is 0. The van der Waals surface area contributed by atoms with Crippen molar-refractivity contribution in [2.24, 2.45) is 10.9 Å². The number of hydrogen-bond donors (Lipinski definition) is 2.